The maximum Gasteiger partial charge on any atom is 0.253 e. The average molecular weight is 319 g/mol. The Morgan fingerprint density at radius 1 is 1.18 bits per heavy atom. The first kappa shape index (κ1) is 16.5. The summed E-state index contributed by atoms with van der Waals surface area (Å²) in [6.45, 7) is 5.43. The van der Waals surface area contributed by atoms with Crippen molar-refractivity contribution in [1.82, 2.24) is 10.3 Å². The molecule has 4 nitrogen and oxygen atoms in total. The predicted molar refractivity (Wildman–Crippen MR) is 87.1 cm³/mol. The number of aryl methyl sites for hydroxylation is 2. The zero-order valence-corrected chi connectivity index (χ0v) is 13.6. The number of nitrogens with one attached hydrogen (secondary N) is 1. The normalized spacial score (nSPS) is 13.5. The first-order chi connectivity index (χ1) is 10.4. The number of aliphatic hydroxyl groups is 1. The van der Waals surface area contributed by atoms with E-state index in [9.17, 15) is 9.90 Å². The number of hydrogen-bond acceptors (Lipinski definition) is 3. The minimum Gasteiger partial charge on any atom is -0.386 e. The van der Waals surface area contributed by atoms with E-state index in [4.69, 9.17) is 11.6 Å². The molecule has 1 amide bonds. The summed E-state index contributed by atoms with van der Waals surface area (Å²) in [5.41, 5.74) is 2.76. The summed E-state index contributed by atoms with van der Waals surface area (Å²) >= 11 is 5.83. The lowest BCUT2D eigenvalue weighted by Gasteiger charge is -2.21. The third kappa shape index (κ3) is 3.84. The highest BCUT2D eigenvalue weighted by molar-refractivity contribution is 6.30. The minimum absolute atomic E-state index is 0.245. The van der Waals surface area contributed by atoms with Crippen LogP contribution in [-0.4, -0.2) is 22.0 Å². The SMILES string of the molecule is Cc1ccc(C(=O)NC(C)C(O)c2ccc(Cl)cc2)c(C)n1. The van der Waals surface area contributed by atoms with Crippen LogP contribution < -0.4 is 5.32 Å². The van der Waals surface area contributed by atoms with Gasteiger partial charge in [0, 0.05) is 10.7 Å². The fourth-order valence-electron chi connectivity index (χ4n) is 2.24. The van der Waals surface area contributed by atoms with Crippen molar-refractivity contribution in [2.24, 2.45) is 0 Å². The highest BCUT2D eigenvalue weighted by atomic mass is 35.5. The van der Waals surface area contributed by atoms with E-state index in [1.165, 1.54) is 0 Å². The Morgan fingerprint density at radius 3 is 2.41 bits per heavy atom. The number of hydrogen-bond donors (Lipinski definition) is 2. The number of benzene rings is 1. The summed E-state index contributed by atoms with van der Waals surface area (Å²) in [6, 6.07) is 10.0. The smallest absolute Gasteiger partial charge is 0.253 e. The van der Waals surface area contributed by atoms with Crippen LogP contribution in [0.1, 0.15) is 40.3 Å². The van der Waals surface area contributed by atoms with Crippen LogP contribution in [0.4, 0.5) is 0 Å². The molecule has 2 aromatic rings. The summed E-state index contributed by atoms with van der Waals surface area (Å²) < 4.78 is 0. The summed E-state index contributed by atoms with van der Waals surface area (Å²) in [4.78, 5) is 16.6. The molecule has 1 heterocycles. The summed E-state index contributed by atoms with van der Waals surface area (Å²) in [7, 11) is 0. The fourth-order valence-corrected chi connectivity index (χ4v) is 2.36. The molecular formula is C17H19ClN2O2. The van der Waals surface area contributed by atoms with Gasteiger partial charge in [0.1, 0.15) is 0 Å². The van der Waals surface area contributed by atoms with Crippen LogP contribution in [0.2, 0.25) is 5.02 Å². The molecule has 0 aliphatic heterocycles. The van der Waals surface area contributed by atoms with Gasteiger partial charge in [0.2, 0.25) is 0 Å². The predicted octanol–water partition coefficient (Wildman–Crippen LogP) is 3.20. The van der Waals surface area contributed by atoms with E-state index in [1.54, 1.807) is 50.2 Å². The number of halogens is 1. The van der Waals surface area contributed by atoms with Crippen LogP contribution in [-0.2, 0) is 0 Å². The van der Waals surface area contributed by atoms with E-state index < -0.39 is 12.1 Å². The molecule has 2 unspecified atom stereocenters. The first-order valence-corrected chi connectivity index (χ1v) is 7.45. The molecular weight excluding hydrogens is 300 g/mol. The number of pyridine rings is 1. The van der Waals surface area contributed by atoms with E-state index in [0.29, 0.717) is 21.8 Å². The Balaban J connectivity index is 2.08. The van der Waals surface area contributed by atoms with Gasteiger partial charge in [-0.2, -0.15) is 0 Å². The second-order valence-electron chi connectivity index (χ2n) is 5.34. The number of nitrogens with zero attached hydrogens (tertiary/aromatic N) is 1. The summed E-state index contributed by atoms with van der Waals surface area (Å²) in [5.74, 6) is -0.245. The molecule has 22 heavy (non-hydrogen) atoms. The molecule has 0 saturated heterocycles. The maximum absolute atomic E-state index is 12.3. The van der Waals surface area contributed by atoms with Gasteiger partial charge in [0.15, 0.2) is 0 Å². The molecule has 0 fully saturated rings. The van der Waals surface area contributed by atoms with Crippen LogP contribution in [0.25, 0.3) is 0 Å². The zero-order chi connectivity index (χ0) is 16.3. The van der Waals surface area contributed by atoms with E-state index in [-0.39, 0.29) is 5.91 Å². The van der Waals surface area contributed by atoms with Crippen molar-refractivity contribution in [2.45, 2.75) is 32.9 Å². The van der Waals surface area contributed by atoms with Crippen molar-refractivity contribution in [3.63, 3.8) is 0 Å². The number of amides is 1. The van der Waals surface area contributed by atoms with Gasteiger partial charge in [-0.25, -0.2) is 0 Å². The highest BCUT2D eigenvalue weighted by Gasteiger charge is 2.20. The number of aliphatic hydroxyl groups excluding tert-OH is 1. The van der Waals surface area contributed by atoms with Crippen molar-refractivity contribution < 1.29 is 9.90 Å². The number of aromatic nitrogens is 1. The van der Waals surface area contributed by atoms with Gasteiger partial charge in [-0.1, -0.05) is 23.7 Å². The lowest BCUT2D eigenvalue weighted by Crippen LogP contribution is -2.37. The first-order valence-electron chi connectivity index (χ1n) is 7.07. The summed E-state index contributed by atoms with van der Waals surface area (Å²) in [6.07, 6.45) is -0.806. The van der Waals surface area contributed by atoms with Crippen LogP contribution >= 0.6 is 11.6 Å². The largest absolute Gasteiger partial charge is 0.386 e. The lowest BCUT2D eigenvalue weighted by atomic mass is 10.0. The number of rotatable bonds is 4. The van der Waals surface area contributed by atoms with Gasteiger partial charge >= 0.3 is 0 Å². The van der Waals surface area contributed by atoms with Crippen LogP contribution in [0.5, 0.6) is 0 Å². The van der Waals surface area contributed by atoms with Gasteiger partial charge < -0.3 is 10.4 Å². The van der Waals surface area contributed by atoms with E-state index in [1.807, 2.05) is 6.92 Å². The number of carbonyl (C=O) groups is 1. The standard InChI is InChI=1S/C17H19ClN2O2/c1-10-4-9-15(11(2)19-10)17(22)20-12(3)16(21)13-5-7-14(18)8-6-13/h4-9,12,16,21H,1-3H3,(H,20,22). The van der Waals surface area contributed by atoms with Gasteiger partial charge in [0.25, 0.3) is 5.91 Å². The van der Waals surface area contributed by atoms with Gasteiger partial charge in [-0.3, -0.25) is 9.78 Å². The fraction of sp³-hybridized carbons (Fsp3) is 0.294. The Bertz CT molecular complexity index is 671. The molecule has 0 radical (unpaired) electrons. The Labute approximate surface area is 135 Å². The highest BCUT2D eigenvalue weighted by Crippen LogP contribution is 2.19. The van der Waals surface area contributed by atoms with Crippen LogP contribution in [0.3, 0.4) is 0 Å². The van der Waals surface area contributed by atoms with Crippen LogP contribution in [0, 0.1) is 13.8 Å². The lowest BCUT2D eigenvalue weighted by molar-refractivity contribution is 0.0851. The molecule has 2 atom stereocenters. The quantitative estimate of drug-likeness (QED) is 0.910. The Kier molecular flexibility index (Phi) is 5.16. The molecule has 2 rings (SSSR count). The van der Waals surface area contributed by atoms with Crippen molar-refractivity contribution in [2.75, 3.05) is 0 Å². The molecule has 0 aliphatic rings. The molecule has 0 bridgehead atoms. The van der Waals surface area contributed by atoms with Gasteiger partial charge in [-0.15, -0.1) is 0 Å². The molecule has 5 heteroatoms. The van der Waals surface area contributed by atoms with Gasteiger partial charge in [0.05, 0.1) is 23.4 Å². The monoisotopic (exact) mass is 318 g/mol. The van der Waals surface area contributed by atoms with E-state index in [2.05, 4.69) is 10.3 Å². The van der Waals surface area contributed by atoms with E-state index in [0.717, 1.165) is 5.69 Å². The van der Waals surface area contributed by atoms with Crippen molar-refractivity contribution in [3.8, 4) is 0 Å². The number of carbonyl (C=O) groups excluding carboxylic acids is 1. The average Bonchev–Trinajstić information content (AvgIpc) is 2.47. The molecule has 116 valence electrons. The van der Waals surface area contributed by atoms with Crippen molar-refractivity contribution in [3.05, 3.63) is 63.9 Å². The Morgan fingerprint density at radius 2 is 1.82 bits per heavy atom. The molecule has 0 spiro atoms. The molecule has 0 aliphatic carbocycles. The minimum atomic E-state index is -0.806. The topological polar surface area (TPSA) is 62.2 Å². The molecule has 0 saturated carbocycles. The van der Waals surface area contributed by atoms with E-state index >= 15 is 0 Å². The third-order valence-corrected chi connectivity index (χ3v) is 3.77. The second kappa shape index (κ2) is 6.90. The molecule has 2 N–H and O–H groups in total. The maximum atomic E-state index is 12.3. The molecule has 1 aromatic carbocycles. The van der Waals surface area contributed by atoms with Crippen molar-refractivity contribution in [1.29, 1.82) is 0 Å². The summed E-state index contributed by atoms with van der Waals surface area (Å²) in [5, 5.41) is 13.7. The van der Waals surface area contributed by atoms with Gasteiger partial charge in [-0.05, 0) is 50.6 Å². The van der Waals surface area contributed by atoms with Crippen molar-refractivity contribution >= 4 is 17.5 Å². The van der Waals surface area contributed by atoms with Crippen LogP contribution in [0.15, 0.2) is 36.4 Å². The zero-order valence-electron chi connectivity index (χ0n) is 12.8. The second-order valence-corrected chi connectivity index (χ2v) is 5.78. The Hall–Kier alpha value is -1.91. The molecule has 1 aromatic heterocycles. The third-order valence-electron chi connectivity index (χ3n) is 3.51.